The zero-order valence-electron chi connectivity index (χ0n) is 4.34. The molecule has 0 fully saturated rings. The average Bonchev–Trinajstić information content (AvgIpc) is 1.80. The molecule has 0 aliphatic carbocycles. The minimum absolute atomic E-state index is 0.139. The molecule has 1 amide bonds. The van der Waals surface area contributed by atoms with Crippen molar-refractivity contribution in [1.29, 1.82) is 0 Å². The van der Waals surface area contributed by atoms with Gasteiger partial charge in [-0.1, -0.05) is 34.2 Å². The molecule has 1 atom stereocenters. The molecule has 0 saturated heterocycles. The molecular formula is C5H3ClINO. The lowest BCUT2D eigenvalue weighted by Gasteiger charge is -2.02. The molecule has 0 spiro atoms. The summed E-state index contributed by atoms with van der Waals surface area (Å²) in [5.74, 6) is -0.139. The first-order valence-corrected chi connectivity index (χ1v) is 3.92. The van der Waals surface area contributed by atoms with E-state index in [0.717, 1.165) is 0 Å². The highest BCUT2D eigenvalue weighted by molar-refractivity contribution is 14.1. The van der Waals surface area contributed by atoms with E-state index in [4.69, 9.17) is 11.6 Å². The van der Waals surface area contributed by atoms with E-state index in [0.29, 0.717) is 5.03 Å². The van der Waals surface area contributed by atoms with Gasteiger partial charge in [-0.3, -0.25) is 4.79 Å². The van der Waals surface area contributed by atoms with Crippen LogP contribution in [0.4, 0.5) is 0 Å². The zero-order chi connectivity index (χ0) is 6.85. The number of rotatable bonds is 0. The summed E-state index contributed by atoms with van der Waals surface area (Å²) >= 11 is 7.51. The van der Waals surface area contributed by atoms with Gasteiger partial charge >= 0.3 is 0 Å². The van der Waals surface area contributed by atoms with Crippen LogP contribution in [0.3, 0.4) is 0 Å². The van der Waals surface area contributed by atoms with E-state index in [9.17, 15) is 4.79 Å². The third kappa shape index (κ3) is 1.76. The number of dihydropyridines is 1. The second-order valence-corrected chi connectivity index (χ2v) is 3.33. The number of nitrogens with zero attached hydrogens (tertiary/aromatic N) is 1. The van der Waals surface area contributed by atoms with Gasteiger partial charge in [-0.05, 0) is 6.08 Å². The summed E-state index contributed by atoms with van der Waals surface area (Å²) in [7, 11) is 0. The molecule has 1 aliphatic rings. The number of hydrogen-bond acceptors (Lipinski definition) is 1. The van der Waals surface area contributed by atoms with Gasteiger partial charge < -0.3 is 0 Å². The molecule has 0 radical (unpaired) electrons. The van der Waals surface area contributed by atoms with Crippen molar-refractivity contribution >= 4 is 46.3 Å². The average molecular weight is 255 g/mol. The van der Waals surface area contributed by atoms with E-state index >= 15 is 0 Å². The van der Waals surface area contributed by atoms with E-state index in [2.05, 4.69) is 4.99 Å². The number of amides is 1. The summed E-state index contributed by atoms with van der Waals surface area (Å²) in [4.78, 5) is 14.2. The fourth-order valence-corrected chi connectivity index (χ4v) is 1.39. The number of aliphatic imine (C=N–C) groups is 1. The van der Waals surface area contributed by atoms with E-state index in [1.165, 1.54) is 6.21 Å². The van der Waals surface area contributed by atoms with Crippen molar-refractivity contribution in [3.63, 3.8) is 0 Å². The van der Waals surface area contributed by atoms with Gasteiger partial charge in [-0.15, -0.1) is 0 Å². The largest absolute Gasteiger partial charge is 0.271 e. The van der Waals surface area contributed by atoms with Gasteiger partial charge in [0.2, 0.25) is 0 Å². The SMILES string of the molecule is O=C1N=CC(Cl)=CC1I. The Morgan fingerprint density at radius 3 is 2.89 bits per heavy atom. The maximum absolute atomic E-state index is 10.6. The van der Waals surface area contributed by atoms with E-state index in [1.54, 1.807) is 6.08 Å². The van der Waals surface area contributed by atoms with Crippen LogP contribution < -0.4 is 0 Å². The predicted octanol–water partition coefficient (Wildman–Crippen LogP) is 1.52. The molecule has 2 nitrogen and oxygen atoms in total. The quantitative estimate of drug-likeness (QED) is 0.477. The third-order valence-corrected chi connectivity index (χ3v) is 1.97. The van der Waals surface area contributed by atoms with Gasteiger partial charge in [0.25, 0.3) is 5.91 Å². The van der Waals surface area contributed by atoms with Crippen molar-refractivity contribution in [2.45, 2.75) is 3.92 Å². The van der Waals surface area contributed by atoms with Crippen molar-refractivity contribution in [3.8, 4) is 0 Å². The highest BCUT2D eigenvalue weighted by atomic mass is 127. The van der Waals surface area contributed by atoms with Crippen LogP contribution >= 0.6 is 34.2 Å². The molecule has 48 valence electrons. The Bertz CT molecular complexity index is 199. The molecule has 1 aliphatic heterocycles. The van der Waals surface area contributed by atoms with Gasteiger partial charge in [-0.2, -0.15) is 0 Å². The lowest BCUT2D eigenvalue weighted by molar-refractivity contribution is -0.116. The molecule has 1 heterocycles. The number of hydrogen-bond donors (Lipinski definition) is 0. The molecule has 0 aromatic rings. The Morgan fingerprint density at radius 2 is 2.44 bits per heavy atom. The number of allylic oxidation sites excluding steroid dienone is 1. The fourth-order valence-electron chi connectivity index (χ4n) is 0.451. The highest BCUT2D eigenvalue weighted by Crippen LogP contribution is 2.13. The van der Waals surface area contributed by atoms with Crippen molar-refractivity contribution < 1.29 is 4.79 Å². The van der Waals surface area contributed by atoms with Crippen molar-refractivity contribution in [2.24, 2.45) is 4.99 Å². The van der Waals surface area contributed by atoms with Gasteiger partial charge in [0, 0.05) is 6.21 Å². The van der Waals surface area contributed by atoms with Gasteiger partial charge in [-0.25, -0.2) is 4.99 Å². The Morgan fingerprint density at radius 1 is 1.78 bits per heavy atom. The Kier molecular flexibility index (Phi) is 2.23. The Hall–Kier alpha value is 0.100. The highest BCUT2D eigenvalue weighted by Gasteiger charge is 2.13. The van der Waals surface area contributed by atoms with E-state index in [-0.39, 0.29) is 9.83 Å². The summed E-state index contributed by atoms with van der Waals surface area (Å²) in [6.07, 6.45) is 3.02. The standard InChI is InChI=1S/C5H3ClINO/c6-3-1-4(7)5(9)8-2-3/h1-2,4H. The molecular weight excluding hydrogens is 252 g/mol. The molecule has 4 heteroatoms. The van der Waals surface area contributed by atoms with Crippen molar-refractivity contribution in [1.82, 2.24) is 0 Å². The van der Waals surface area contributed by atoms with Crippen LogP contribution in [0.5, 0.6) is 0 Å². The van der Waals surface area contributed by atoms with Gasteiger partial charge in [0.1, 0.15) is 3.92 Å². The fraction of sp³-hybridized carbons (Fsp3) is 0.200. The maximum atomic E-state index is 10.6. The monoisotopic (exact) mass is 255 g/mol. The van der Waals surface area contributed by atoms with Crippen molar-refractivity contribution in [3.05, 3.63) is 11.1 Å². The molecule has 0 aromatic carbocycles. The lowest BCUT2D eigenvalue weighted by atomic mass is 10.3. The molecule has 0 saturated carbocycles. The van der Waals surface area contributed by atoms with Crippen LogP contribution in [0.2, 0.25) is 0 Å². The third-order valence-electron chi connectivity index (χ3n) is 0.857. The summed E-state index contributed by atoms with van der Waals surface area (Å²) in [5, 5.41) is 0.536. The van der Waals surface area contributed by atoms with E-state index in [1.807, 2.05) is 22.6 Å². The smallest absolute Gasteiger partial charge is 0.262 e. The Labute approximate surface area is 71.1 Å². The number of carbonyl (C=O) groups excluding carboxylic acids is 1. The molecule has 9 heavy (non-hydrogen) atoms. The summed E-state index contributed by atoms with van der Waals surface area (Å²) in [6, 6.07) is 0. The first-order valence-electron chi connectivity index (χ1n) is 2.29. The predicted molar refractivity (Wildman–Crippen MR) is 45.2 cm³/mol. The van der Waals surface area contributed by atoms with Crippen LogP contribution in [0.25, 0.3) is 0 Å². The normalized spacial score (nSPS) is 26.2. The molecule has 1 unspecified atom stereocenters. The topological polar surface area (TPSA) is 29.4 Å². The number of carbonyl (C=O) groups is 1. The second kappa shape index (κ2) is 2.79. The first-order chi connectivity index (χ1) is 4.20. The van der Waals surface area contributed by atoms with Crippen molar-refractivity contribution in [2.75, 3.05) is 0 Å². The summed E-state index contributed by atoms with van der Waals surface area (Å²) in [6.45, 7) is 0. The van der Waals surface area contributed by atoms with Gasteiger partial charge in [0.15, 0.2) is 0 Å². The molecule has 0 bridgehead atoms. The lowest BCUT2D eigenvalue weighted by Crippen LogP contribution is -2.12. The molecule has 1 rings (SSSR count). The summed E-state index contributed by atoms with van der Waals surface area (Å²) in [5.41, 5.74) is 0. The summed E-state index contributed by atoms with van der Waals surface area (Å²) < 4.78 is -0.180. The first kappa shape index (κ1) is 7.21. The van der Waals surface area contributed by atoms with E-state index < -0.39 is 0 Å². The molecule has 0 N–H and O–H groups in total. The van der Waals surface area contributed by atoms with Gasteiger partial charge in [0.05, 0.1) is 5.03 Å². The van der Waals surface area contributed by atoms with Crippen LogP contribution in [-0.2, 0) is 4.79 Å². The number of alkyl halides is 1. The maximum Gasteiger partial charge on any atom is 0.262 e. The minimum Gasteiger partial charge on any atom is -0.271 e. The minimum atomic E-state index is -0.180. The Balaban J connectivity index is 2.82. The van der Waals surface area contributed by atoms with Crippen LogP contribution in [-0.4, -0.2) is 16.0 Å². The van der Waals surface area contributed by atoms with Crippen LogP contribution in [0.15, 0.2) is 16.1 Å². The van der Waals surface area contributed by atoms with Crippen LogP contribution in [0, 0.1) is 0 Å². The second-order valence-electron chi connectivity index (χ2n) is 1.55. The van der Waals surface area contributed by atoms with Crippen LogP contribution in [0.1, 0.15) is 0 Å². The number of halogens is 2. The zero-order valence-corrected chi connectivity index (χ0v) is 7.26. The molecule has 0 aromatic heterocycles.